The summed E-state index contributed by atoms with van der Waals surface area (Å²) >= 11 is 6.29. The lowest BCUT2D eigenvalue weighted by Crippen LogP contribution is -2.31. The smallest absolute Gasteiger partial charge is 0.243 e. The van der Waals surface area contributed by atoms with Crippen LogP contribution in [0, 0.1) is 5.92 Å². The molecule has 2 aromatic rings. The summed E-state index contributed by atoms with van der Waals surface area (Å²) in [5, 5.41) is 0.709. The van der Waals surface area contributed by atoms with Crippen LogP contribution in [0.5, 0.6) is 0 Å². The number of anilines is 1. The highest BCUT2D eigenvalue weighted by Gasteiger charge is 2.47. The van der Waals surface area contributed by atoms with Crippen molar-refractivity contribution in [1.29, 1.82) is 0 Å². The molecule has 2 aliphatic rings. The van der Waals surface area contributed by atoms with Crippen LogP contribution in [0.3, 0.4) is 0 Å². The number of halogens is 1. The standard InChI is InChI=1S/C22H25ClN2O3S/c1-3-24(4-2)29(27,28)16-9-10-21-15(13-16)11-12-25(21)22(26)19-14-18(19)17-7-5-6-8-20(17)23/h5-10,13,18-19H,3-4,11-12,14H2,1-2H3. The van der Waals surface area contributed by atoms with Crippen molar-refractivity contribution in [1.82, 2.24) is 4.31 Å². The van der Waals surface area contributed by atoms with Gasteiger partial charge in [-0.15, -0.1) is 0 Å². The number of carbonyl (C=O) groups excluding carboxylic acids is 1. The number of sulfonamides is 1. The van der Waals surface area contributed by atoms with Crippen molar-refractivity contribution in [3.63, 3.8) is 0 Å². The number of benzene rings is 2. The Morgan fingerprint density at radius 3 is 2.59 bits per heavy atom. The van der Waals surface area contributed by atoms with E-state index in [1.54, 1.807) is 18.2 Å². The molecule has 0 saturated heterocycles. The molecule has 154 valence electrons. The third-order valence-electron chi connectivity index (χ3n) is 5.97. The SMILES string of the molecule is CCN(CC)S(=O)(=O)c1ccc2c(c1)CCN2C(=O)C1CC1c1ccccc1Cl. The summed E-state index contributed by atoms with van der Waals surface area (Å²) in [7, 11) is -3.50. The minimum atomic E-state index is -3.50. The van der Waals surface area contributed by atoms with Crippen molar-refractivity contribution >= 4 is 33.2 Å². The third-order valence-corrected chi connectivity index (χ3v) is 8.36. The number of hydrogen-bond donors (Lipinski definition) is 0. The van der Waals surface area contributed by atoms with Crippen LogP contribution < -0.4 is 4.90 Å². The zero-order valence-corrected chi connectivity index (χ0v) is 18.2. The fraction of sp³-hybridized carbons (Fsp3) is 0.409. The van der Waals surface area contributed by atoms with Gasteiger partial charge in [-0.3, -0.25) is 4.79 Å². The monoisotopic (exact) mass is 432 g/mol. The lowest BCUT2D eigenvalue weighted by Gasteiger charge is -2.20. The Morgan fingerprint density at radius 2 is 1.90 bits per heavy atom. The van der Waals surface area contributed by atoms with Gasteiger partial charge in [-0.05, 0) is 54.2 Å². The maximum Gasteiger partial charge on any atom is 0.243 e. The highest BCUT2D eigenvalue weighted by molar-refractivity contribution is 7.89. The van der Waals surface area contributed by atoms with Gasteiger partial charge in [-0.1, -0.05) is 43.6 Å². The average Bonchev–Trinajstić information content (AvgIpc) is 3.39. The maximum atomic E-state index is 13.1. The minimum Gasteiger partial charge on any atom is -0.312 e. The molecule has 0 aromatic heterocycles. The van der Waals surface area contributed by atoms with E-state index in [1.165, 1.54) is 4.31 Å². The molecular formula is C22H25ClN2O3S. The molecule has 2 unspecified atom stereocenters. The third kappa shape index (κ3) is 3.58. The molecule has 1 aliphatic heterocycles. The number of hydrogen-bond acceptors (Lipinski definition) is 3. The largest absolute Gasteiger partial charge is 0.312 e. The molecule has 1 saturated carbocycles. The molecule has 5 nitrogen and oxygen atoms in total. The lowest BCUT2D eigenvalue weighted by molar-refractivity contribution is -0.119. The topological polar surface area (TPSA) is 57.7 Å². The van der Waals surface area contributed by atoms with Crippen LogP contribution in [-0.4, -0.2) is 38.3 Å². The van der Waals surface area contributed by atoms with Gasteiger partial charge < -0.3 is 4.90 Å². The Kier molecular flexibility index (Phi) is 5.44. The summed E-state index contributed by atoms with van der Waals surface area (Å²) in [6.07, 6.45) is 1.48. The normalized spacial score (nSPS) is 20.8. The molecule has 0 bridgehead atoms. The van der Waals surface area contributed by atoms with Crippen LogP contribution >= 0.6 is 11.6 Å². The van der Waals surface area contributed by atoms with Gasteiger partial charge in [-0.25, -0.2) is 8.42 Å². The lowest BCUT2D eigenvalue weighted by atomic mass is 10.1. The van der Waals surface area contributed by atoms with Gasteiger partial charge in [0.1, 0.15) is 0 Å². The van der Waals surface area contributed by atoms with E-state index in [0.29, 0.717) is 36.0 Å². The summed E-state index contributed by atoms with van der Waals surface area (Å²) < 4.78 is 27.0. The van der Waals surface area contributed by atoms with E-state index >= 15 is 0 Å². The molecule has 1 fully saturated rings. The van der Waals surface area contributed by atoms with Crippen molar-refractivity contribution in [2.24, 2.45) is 5.92 Å². The van der Waals surface area contributed by atoms with E-state index in [9.17, 15) is 13.2 Å². The van der Waals surface area contributed by atoms with Gasteiger partial charge in [-0.2, -0.15) is 4.31 Å². The fourth-order valence-corrected chi connectivity index (χ4v) is 6.05. The second kappa shape index (κ2) is 7.74. The Bertz CT molecular complexity index is 1050. The fourth-order valence-electron chi connectivity index (χ4n) is 4.27. The predicted molar refractivity (Wildman–Crippen MR) is 115 cm³/mol. The van der Waals surface area contributed by atoms with Crippen LogP contribution in [0.15, 0.2) is 47.4 Å². The van der Waals surface area contributed by atoms with Crippen LogP contribution in [0.1, 0.15) is 37.3 Å². The van der Waals surface area contributed by atoms with Crippen LogP contribution in [0.2, 0.25) is 5.02 Å². The molecule has 7 heteroatoms. The molecule has 1 aliphatic carbocycles. The van der Waals surface area contributed by atoms with E-state index in [2.05, 4.69) is 0 Å². The van der Waals surface area contributed by atoms with Crippen LogP contribution in [0.4, 0.5) is 5.69 Å². The molecule has 2 atom stereocenters. The van der Waals surface area contributed by atoms with Crippen molar-refractivity contribution in [2.75, 3.05) is 24.5 Å². The molecule has 0 spiro atoms. The molecular weight excluding hydrogens is 408 g/mol. The van der Waals surface area contributed by atoms with Crippen LogP contribution in [-0.2, 0) is 21.2 Å². The van der Waals surface area contributed by atoms with E-state index < -0.39 is 10.0 Å². The quantitative estimate of drug-likeness (QED) is 0.691. The zero-order chi connectivity index (χ0) is 20.8. The first kappa shape index (κ1) is 20.4. The van der Waals surface area contributed by atoms with Gasteiger partial charge in [0.05, 0.1) is 4.90 Å². The van der Waals surface area contributed by atoms with Crippen molar-refractivity contribution in [3.05, 3.63) is 58.6 Å². The Hall–Kier alpha value is -1.89. The number of amides is 1. The summed E-state index contributed by atoms with van der Waals surface area (Å²) in [6.45, 7) is 5.13. The first-order valence-electron chi connectivity index (χ1n) is 10.1. The number of carbonyl (C=O) groups is 1. The molecule has 0 radical (unpaired) electrons. The Labute approximate surface area is 177 Å². The van der Waals surface area contributed by atoms with Crippen LogP contribution in [0.25, 0.3) is 0 Å². The van der Waals surface area contributed by atoms with E-state index in [0.717, 1.165) is 23.2 Å². The van der Waals surface area contributed by atoms with Gasteiger partial charge in [0, 0.05) is 36.3 Å². The Morgan fingerprint density at radius 1 is 1.17 bits per heavy atom. The number of nitrogens with zero attached hydrogens (tertiary/aromatic N) is 2. The molecule has 2 aromatic carbocycles. The summed E-state index contributed by atoms with van der Waals surface area (Å²) in [5.74, 6) is 0.218. The second-order valence-electron chi connectivity index (χ2n) is 7.59. The number of rotatable bonds is 6. The van der Waals surface area contributed by atoms with Crippen molar-refractivity contribution in [2.45, 2.75) is 37.5 Å². The van der Waals surface area contributed by atoms with E-state index in [4.69, 9.17) is 11.6 Å². The summed E-state index contributed by atoms with van der Waals surface area (Å²) in [5.41, 5.74) is 2.78. The maximum absolute atomic E-state index is 13.1. The summed E-state index contributed by atoms with van der Waals surface area (Å²) in [4.78, 5) is 15.2. The molecule has 4 rings (SSSR count). The van der Waals surface area contributed by atoms with Gasteiger partial charge in [0.2, 0.25) is 15.9 Å². The van der Waals surface area contributed by atoms with Gasteiger partial charge >= 0.3 is 0 Å². The Balaban J connectivity index is 1.54. The van der Waals surface area contributed by atoms with E-state index in [-0.39, 0.29) is 17.7 Å². The second-order valence-corrected chi connectivity index (χ2v) is 9.94. The van der Waals surface area contributed by atoms with E-state index in [1.807, 2.05) is 43.0 Å². The first-order valence-corrected chi connectivity index (χ1v) is 11.9. The first-order chi connectivity index (χ1) is 13.9. The molecule has 1 heterocycles. The zero-order valence-electron chi connectivity index (χ0n) is 16.6. The average molecular weight is 433 g/mol. The van der Waals surface area contributed by atoms with Crippen molar-refractivity contribution in [3.8, 4) is 0 Å². The van der Waals surface area contributed by atoms with Crippen molar-refractivity contribution < 1.29 is 13.2 Å². The predicted octanol–water partition coefficient (Wildman–Crippen LogP) is 4.06. The van der Waals surface area contributed by atoms with Gasteiger partial charge in [0.25, 0.3) is 0 Å². The molecule has 1 amide bonds. The summed E-state index contributed by atoms with van der Waals surface area (Å²) in [6, 6.07) is 12.8. The highest BCUT2D eigenvalue weighted by atomic mass is 35.5. The molecule has 29 heavy (non-hydrogen) atoms. The highest BCUT2D eigenvalue weighted by Crippen LogP contribution is 2.51. The number of fused-ring (bicyclic) bond motifs is 1. The van der Waals surface area contributed by atoms with Gasteiger partial charge in [0.15, 0.2) is 0 Å². The minimum absolute atomic E-state index is 0.0556. The molecule has 0 N–H and O–H groups in total.